The molecule has 2 rings (SSSR count). The van der Waals surface area contributed by atoms with Crippen molar-refractivity contribution < 1.29 is 23.9 Å². The van der Waals surface area contributed by atoms with Gasteiger partial charge in [0.1, 0.15) is 0 Å². The molecule has 0 amide bonds. The fourth-order valence-corrected chi connectivity index (χ4v) is 3.45. The number of allylic oxidation sites excluding steroid dienone is 2. The van der Waals surface area contributed by atoms with Crippen LogP contribution in [0.2, 0.25) is 0 Å². The highest BCUT2D eigenvalue weighted by Crippen LogP contribution is 2.40. The average Bonchev–Trinajstić information content (AvgIpc) is 3.08. The highest BCUT2D eigenvalue weighted by atomic mass is 32.1. The Morgan fingerprint density at radius 1 is 1.21 bits per heavy atom. The van der Waals surface area contributed by atoms with Crippen LogP contribution < -0.4 is 5.32 Å². The number of nitrogens with one attached hydrogen (secondary N) is 1. The van der Waals surface area contributed by atoms with Crippen molar-refractivity contribution in [3.63, 3.8) is 0 Å². The van der Waals surface area contributed by atoms with Crippen LogP contribution in [-0.4, -0.2) is 31.4 Å². The Morgan fingerprint density at radius 3 is 2.33 bits per heavy atom. The summed E-state index contributed by atoms with van der Waals surface area (Å²) in [6.45, 7) is 5.46. The number of hydrogen-bond acceptors (Lipinski definition) is 7. The van der Waals surface area contributed by atoms with Gasteiger partial charge in [0.05, 0.1) is 36.0 Å². The minimum absolute atomic E-state index is 0.109. The first-order valence-electron chi connectivity index (χ1n) is 7.59. The molecule has 1 aliphatic heterocycles. The van der Waals surface area contributed by atoms with Gasteiger partial charge in [-0.3, -0.25) is 4.79 Å². The van der Waals surface area contributed by atoms with Gasteiger partial charge in [-0.2, -0.15) is 0 Å². The number of hydrogen-bond donors (Lipinski definition) is 1. The van der Waals surface area contributed by atoms with Gasteiger partial charge in [-0.25, -0.2) is 9.59 Å². The van der Waals surface area contributed by atoms with Gasteiger partial charge >= 0.3 is 11.9 Å². The maximum Gasteiger partial charge on any atom is 0.337 e. The molecule has 0 spiro atoms. The van der Waals surface area contributed by atoms with Gasteiger partial charge in [0, 0.05) is 10.6 Å². The lowest BCUT2D eigenvalue weighted by molar-refractivity contribution is -0.139. The summed E-state index contributed by atoms with van der Waals surface area (Å²) in [7, 11) is 0. The molecule has 1 aromatic heterocycles. The monoisotopic (exact) mass is 349 g/mol. The first kappa shape index (κ1) is 17.9. The molecular formula is C17H19NO5S. The van der Waals surface area contributed by atoms with Crippen molar-refractivity contribution in [3.05, 3.63) is 44.9 Å². The second-order valence-corrected chi connectivity index (χ2v) is 5.98. The van der Waals surface area contributed by atoms with E-state index in [4.69, 9.17) is 9.47 Å². The molecule has 2 heterocycles. The minimum atomic E-state index is -0.690. The van der Waals surface area contributed by atoms with Crippen LogP contribution in [-0.2, 0) is 23.9 Å². The molecule has 7 heteroatoms. The van der Waals surface area contributed by atoms with Crippen molar-refractivity contribution in [3.8, 4) is 0 Å². The number of aldehydes is 1. The highest BCUT2D eigenvalue weighted by Gasteiger charge is 2.39. The second kappa shape index (κ2) is 7.92. The van der Waals surface area contributed by atoms with Gasteiger partial charge in [-0.05, 0) is 32.2 Å². The van der Waals surface area contributed by atoms with Crippen molar-refractivity contribution in [1.29, 1.82) is 0 Å². The molecule has 128 valence electrons. The Balaban J connectivity index is 2.62. The van der Waals surface area contributed by atoms with Gasteiger partial charge in [0.15, 0.2) is 6.29 Å². The number of rotatable bonds is 6. The summed E-state index contributed by atoms with van der Waals surface area (Å²) >= 11 is 1.39. The average molecular weight is 349 g/mol. The van der Waals surface area contributed by atoms with Crippen molar-refractivity contribution >= 4 is 29.6 Å². The van der Waals surface area contributed by atoms with E-state index in [2.05, 4.69) is 5.32 Å². The number of dihydropyridines is 1. The first-order chi connectivity index (χ1) is 11.5. The topological polar surface area (TPSA) is 81.7 Å². The number of esters is 2. The zero-order valence-corrected chi connectivity index (χ0v) is 14.6. The zero-order chi connectivity index (χ0) is 17.7. The van der Waals surface area contributed by atoms with E-state index in [1.807, 2.05) is 17.5 Å². The standard InChI is InChI=1S/C17H19NO5S/c1-4-22-16(20)13-10(3)18-11(9-19)14(17(21)23-5-2)15(13)12-7-6-8-24-12/h6-9,15,18H,4-5H2,1-3H3. The van der Waals surface area contributed by atoms with Crippen molar-refractivity contribution in [2.75, 3.05) is 13.2 Å². The summed E-state index contributed by atoms with van der Waals surface area (Å²) in [4.78, 5) is 37.2. The molecule has 6 nitrogen and oxygen atoms in total. The normalized spacial score (nSPS) is 17.4. The lowest BCUT2D eigenvalue weighted by Gasteiger charge is -2.28. The van der Waals surface area contributed by atoms with E-state index < -0.39 is 17.9 Å². The van der Waals surface area contributed by atoms with Crippen LogP contribution in [0.25, 0.3) is 0 Å². The van der Waals surface area contributed by atoms with E-state index in [1.54, 1.807) is 20.8 Å². The summed E-state index contributed by atoms with van der Waals surface area (Å²) in [6, 6.07) is 3.64. The summed E-state index contributed by atoms with van der Waals surface area (Å²) in [5.41, 5.74) is 1.04. The number of thiophene rings is 1. The van der Waals surface area contributed by atoms with Crippen LogP contribution in [0.15, 0.2) is 40.1 Å². The molecule has 1 atom stereocenters. The molecular weight excluding hydrogens is 330 g/mol. The largest absolute Gasteiger partial charge is 0.463 e. The Hall–Kier alpha value is -2.41. The van der Waals surface area contributed by atoms with Crippen LogP contribution in [0.1, 0.15) is 31.6 Å². The van der Waals surface area contributed by atoms with E-state index in [0.717, 1.165) is 4.88 Å². The lowest BCUT2D eigenvalue weighted by atomic mass is 9.84. The van der Waals surface area contributed by atoms with E-state index in [-0.39, 0.29) is 24.5 Å². The fraction of sp³-hybridized carbons (Fsp3) is 0.353. The van der Waals surface area contributed by atoms with E-state index in [0.29, 0.717) is 17.6 Å². The molecule has 0 radical (unpaired) electrons. The quantitative estimate of drug-likeness (QED) is 0.627. The van der Waals surface area contributed by atoms with E-state index >= 15 is 0 Å². The van der Waals surface area contributed by atoms with Crippen molar-refractivity contribution in [2.45, 2.75) is 26.7 Å². The molecule has 24 heavy (non-hydrogen) atoms. The maximum absolute atomic E-state index is 12.5. The Morgan fingerprint density at radius 2 is 1.83 bits per heavy atom. The molecule has 1 aromatic rings. The van der Waals surface area contributed by atoms with Gasteiger partial charge in [0.2, 0.25) is 0 Å². The molecule has 1 aliphatic rings. The van der Waals surface area contributed by atoms with Crippen LogP contribution >= 0.6 is 11.3 Å². The first-order valence-corrected chi connectivity index (χ1v) is 8.47. The molecule has 0 saturated carbocycles. The number of carbonyl (C=O) groups excluding carboxylic acids is 3. The molecule has 1 N–H and O–H groups in total. The zero-order valence-electron chi connectivity index (χ0n) is 13.8. The summed E-state index contributed by atoms with van der Waals surface area (Å²) < 4.78 is 10.2. The molecule has 0 bridgehead atoms. The van der Waals surface area contributed by atoms with Crippen LogP contribution in [0.4, 0.5) is 0 Å². The van der Waals surface area contributed by atoms with Crippen molar-refractivity contribution in [1.82, 2.24) is 5.32 Å². The predicted octanol–water partition coefficient (Wildman–Crippen LogP) is 2.29. The van der Waals surface area contributed by atoms with Gasteiger partial charge in [-0.1, -0.05) is 6.07 Å². The lowest BCUT2D eigenvalue weighted by Crippen LogP contribution is -2.33. The van der Waals surface area contributed by atoms with Crippen LogP contribution in [0.5, 0.6) is 0 Å². The second-order valence-electron chi connectivity index (χ2n) is 5.00. The Bertz CT molecular complexity index is 703. The SMILES string of the molecule is CCOC(=O)C1=C(C)NC(C=O)=C(C(=O)OCC)C1c1cccs1. The summed E-state index contributed by atoms with van der Waals surface area (Å²) in [5, 5.41) is 4.68. The maximum atomic E-state index is 12.5. The third-order valence-electron chi connectivity index (χ3n) is 3.53. The number of ether oxygens (including phenoxy) is 2. The van der Waals surface area contributed by atoms with Crippen molar-refractivity contribution in [2.24, 2.45) is 0 Å². The summed E-state index contributed by atoms with van der Waals surface area (Å²) in [6.07, 6.45) is 0.568. The molecule has 0 fully saturated rings. The third kappa shape index (κ3) is 3.41. The Labute approximate surface area is 144 Å². The van der Waals surface area contributed by atoms with Gasteiger partial charge in [-0.15, -0.1) is 11.3 Å². The molecule has 1 unspecified atom stereocenters. The molecule has 0 saturated heterocycles. The minimum Gasteiger partial charge on any atom is -0.463 e. The third-order valence-corrected chi connectivity index (χ3v) is 4.47. The van der Waals surface area contributed by atoms with Crippen LogP contribution in [0.3, 0.4) is 0 Å². The summed E-state index contributed by atoms with van der Waals surface area (Å²) in [5.74, 6) is -1.84. The Kier molecular flexibility index (Phi) is 5.92. The van der Waals surface area contributed by atoms with E-state index in [1.165, 1.54) is 11.3 Å². The fourth-order valence-electron chi connectivity index (χ4n) is 2.60. The number of carbonyl (C=O) groups is 3. The van der Waals surface area contributed by atoms with Gasteiger partial charge in [0.25, 0.3) is 0 Å². The predicted molar refractivity (Wildman–Crippen MR) is 89.3 cm³/mol. The smallest absolute Gasteiger partial charge is 0.337 e. The van der Waals surface area contributed by atoms with Crippen LogP contribution in [0, 0.1) is 0 Å². The molecule has 0 aromatic carbocycles. The molecule has 0 aliphatic carbocycles. The van der Waals surface area contributed by atoms with Gasteiger partial charge < -0.3 is 14.8 Å². The van der Waals surface area contributed by atoms with E-state index in [9.17, 15) is 14.4 Å². The highest BCUT2D eigenvalue weighted by molar-refractivity contribution is 7.10.